The Morgan fingerprint density at radius 1 is 1.25 bits per heavy atom. The molecule has 3 N–H and O–H groups in total. The number of hydrogen-bond donors (Lipinski definition) is 3. The normalized spacial score (nSPS) is 33.2. The van der Waals surface area contributed by atoms with Crippen LogP contribution in [0.2, 0.25) is 0 Å². The molecule has 2 saturated heterocycles. The van der Waals surface area contributed by atoms with Crippen LogP contribution >= 0.6 is 0 Å². The zero-order valence-electron chi connectivity index (χ0n) is 7.16. The minimum atomic E-state index is 0.192. The van der Waals surface area contributed by atoms with Gasteiger partial charge in [0.1, 0.15) is 6.29 Å². The Morgan fingerprint density at radius 2 is 2.08 bits per heavy atom. The van der Waals surface area contributed by atoms with E-state index in [2.05, 4.69) is 15.8 Å². The van der Waals surface area contributed by atoms with Crippen molar-refractivity contribution in [3.63, 3.8) is 0 Å². The fourth-order valence-electron chi connectivity index (χ4n) is 1.98. The molecule has 5 heteroatoms. The second-order valence-electron chi connectivity index (χ2n) is 3.36. The van der Waals surface area contributed by atoms with Crippen LogP contribution in [0.15, 0.2) is 0 Å². The SMILES string of the molecule is ONN1CCCN2CCCNC21. The second-order valence-corrected chi connectivity index (χ2v) is 3.36. The lowest BCUT2D eigenvalue weighted by Crippen LogP contribution is -2.66. The number of hydrogen-bond acceptors (Lipinski definition) is 5. The minimum Gasteiger partial charge on any atom is -0.302 e. The first-order valence-corrected chi connectivity index (χ1v) is 4.55. The summed E-state index contributed by atoms with van der Waals surface area (Å²) in [6, 6.07) is 0. The molecule has 70 valence electrons. The van der Waals surface area contributed by atoms with Crippen LogP contribution in [-0.2, 0) is 0 Å². The molecule has 0 saturated carbocycles. The first-order chi connectivity index (χ1) is 5.92. The average molecular weight is 172 g/mol. The molecule has 0 amide bonds. The maximum Gasteiger partial charge on any atom is 0.131 e. The van der Waals surface area contributed by atoms with Crippen molar-refractivity contribution in [3.8, 4) is 0 Å². The fourth-order valence-corrected chi connectivity index (χ4v) is 1.98. The highest BCUT2D eigenvalue weighted by atomic mass is 16.5. The Labute approximate surface area is 72.3 Å². The summed E-state index contributed by atoms with van der Waals surface area (Å²) in [5.74, 6) is 0. The highest BCUT2D eigenvalue weighted by Gasteiger charge is 2.30. The van der Waals surface area contributed by atoms with Gasteiger partial charge in [-0.15, -0.1) is 5.59 Å². The largest absolute Gasteiger partial charge is 0.302 e. The van der Waals surface area contributed by atoms with Crippen molar-refractivity contribution in [2.75, 3.05) is 26.2 Å². The lowest BCUT2D eigenvalue weighted by molar-refractivity contribution is -0.137. The van der Waals surface area contributed by atoms with E-state index in [0.717, 1.165) is 32.6 Å². The standard InChI is InChI=1S/C7H16N4O/c12-9-11-6-2-5-10-4-1-3-8-7(10)11/h7-9,12H,1-6H2. The highest BCUT2D eigenvalue weighted by Crippen LogP contribution is 2.13. The summed E-state index contributed by atoms with van der Waals surface area (Å²) in [6.07, 6.45) is 2.51. The molecule has 2 aliphatic rings. The molecule has 2 fully saturated rings. The van der Waals surface area contributed by atoms with Gasteiger partial charge in [0.15, 0.2) is 0 Å². The van der Waals surface area contributed by atoms with Gasteiger partial charge in [-0.25, -0.2) is 0 Å². The molecule has 5 nitrogen and oxygen atoms in total. The average Bonchev–Trinajstić information content (AvgIpc) is 2.17. The predicted octanol–water partition coefficient (Wildman–Crippen LogP) is -0.835. The molecule has 2 heterocycles. The Hall–Kier alpha value is -0.200. The molecule has 0 bridgehead atoms. The van der Waals surface area contributed by atoms with Crippen LogP contribution in [0.5, 0.6) is 0 Å². The molecule has 0 aliphatic carbocycles. The summed E-state index contributed by atoms with van der Waals surface area (Å²) >= 11 is 0. The predicted molar refractivity (Wildman–Crippen MR) is 44.2 cm³/mol. The summed E-state index contributed by atoms with van der Waals surface area (Å²) in [7, 11) is 0. The zero-order valence-corrected chi connectivity index (χ0v) is 7.16. The van der Waals surface area contributed by atoms with Gasteiger partial charge >= 0.3 is 0 Å². The van der Waals surface area contributed by atoms with Crippen molar-refractivity contribution < 1.29 is 5.21 Å². The Kier molecular flexibility index (Phi) is 2.57. The number of rotatable bonds is 1. The topological polar surface area (TPSA) is 50.8 Å². The zero-order chi connectivity index (χ0) is 8.39. The Morgan fingerprint density at radius 3 is 2.92 bits per heavy atom. The quantitative estimate of drug-likeness (QED) is 0.450. The van der Waals surface area contributed by atoms with Gasteiger partial charge < -0.3 is 5.21 Å². The summed E-state index contributed by atoms with van der Waals surface area (Å²) in [4.78, 5) is 2.34. The van der Waals surface area contributed by atoms with Gasteiger partial charge in [0.05, 0.1) is 0 Å². The van der Waals surface area contributed by atoms with Crippen LogP contribution in [0, 0.1) is 0 Å². The molecular formula is C7H16N4O. The van der Waals surface area contributed by atoms with E-state index in [1.165, 1.54) is 6.42 Å². The van der Waals surface area contributed by atoms with Gasteiger partial charge in [0.25, 0.3) is 0 Å². The van der Waals surface area contributed by atoms with Crippen LogP contribution in [0.4, 0.5) is 0 Å². The molecule has 0 aromatic rings. The molecule has 2 rings (SSSR count). The summed E-state index contributed by atoms with van der Waals surface area (Å²) in [5.41, 5.74) is 2.23. The van der Waals surface area contributed by atoms with Gasteiger partial charge in [-0.05, 0) is 19.4 Å². The maximum atomic E-state index is 8.84. The fraction of sp³-hybridized carbons (Fsp3) is 1.00. The van der Waals surface area contributed by atoms with Crippen LogP contribution in [0.3, 0.4) is 0 Å². The van der Waals surface area contributed by atoms with E-state index < -0.39 is 0 Å². The van der Waals surface area contributed by atoms with Crippen molar-refractivity contribution >= 4 is 0 Å². The van der Waals surface area contributed by atoms with Crippen LogP contribution in [-0.4, -0.2) is 47.6 Å². The molecule has 0 aromatic carbocycles. The Balaban J connectivity index is 1.99. The van der Waals surface area contributed by atoms with Crippen LogP contribution in [0.25, 0.3) is 0 Å². The van der Waals surface area contributed by atoms with E-state index in [9.17, 15) is 0 Å². The minimum absolute atomic E-state index is 0.192. The molecule has 2 aliphatic heterocycles. The number of fused-ring (bicyclic) bond motifs is 1. The first kappa shape index (κ1) is 8.40. The van der Waals surface area contributed by atoms with Gasteiger partial charge in [0.2, 0.25) is 0 Å². The molecule has 0 radical (unpaired) electrons. The summed E-state index contributed by atoms with van der Waals surface area (Å²) in [5, 5.41) is 14.0. The van der Waals surface area contributed by atoms with E-state index in [1.807, 2.05) is 5.01 Å². The third-order valence-corrected chi connectivity index (χ3v) is 2.56. The van der Waals surface area contributed by atoms with E-state index in [0.29, 0.717) is 0 Å². The third-order valence-electron chi connectivity index (χ3n) is 2.56. The van der Waals surface area contributed by atoms with E-state index in [-0.39, 0.29) is 6.29 Å². The van der Waals surface area contributed by atoms with Crippen molar-refractivity contribution in [1.82, 2.24) is 20.8 Å². The van der Waals surface area contributed by atoms with Crippen molar-refractivity contribution in [1.29, 1.82) is 0 Å². The Bertz CT molecular complexity index is 146. The van der Waals surface area contributed by atoms with Gasteiger partial charge in [-0.3, -0.25) is 10.2 Å². The van der Waals surface area contributed by atoms with Gasteiger partial charge in [0, 0.05) is 19.6 Å². The summed E-state index contributed by atoms with van der Waals surface area (Å²) < 4.78 is 0. The van der Waals surface area contributed by atoms with Crippen molar-refractivity contribution in [3.05, 3.63) is 0 Å². The lowest BCUT2D eigenvalue weighted by Gasteiger charge is -2.45. The van der Waals surface area contributed by atoms with Gasteiger partial charge in [-0.1, -0.05) is 0 Å². The summed E-state index contributed by atoms with van der Waals surface area (Å²) in [6.45, 7) is 4.22. The molecule has 0 aromatic heterocycles. The van der Waals surface area contributed by atoms with Crippen LogP contribution in [0.1, 0.15) is 12.8 Å². The van der Waals surface area contributed by atoms with Crippen LogP contribution < -0.4 is 10.9 Å². The van der Waals surface area contributed by atoms with Gasteiger partial charge in [-0.2, -0.15) is 5.01 Å². The molecule has 1 unspecified atom stereocenters. The molecule has 1 atom stereocenters. The van der Waals surface area contributed by atoms with E-state index in [4.69, 9.17) is 5.21 Å². The molecular weight excluding hydrogens is 156 g/mol. The van der Waals surface area contributed by atoms with E-state index in [1.54, 1.807) is 0 Å². The number of hydrazine groups is 1. The third kappa shape index (κ3) is 1.46. The van der Waals surface area contributed by atoms with E-state index >= 15 is 0 Å². The molecule has 0 spiro atoms. The second kappa shape index (κ2) is 3.68. The first-order valence-electron chi connectivity index (χ1n) is 4.55. The molecule has 12 heavy (non-hydrogen) atoms. The van der Waals surface area contributed by atoms with Crippen molar-refractivity contribution in [2.24, 2.45) is 0 Å². The maximum absolute atomic E-state index is 8.84. The van der Waals surface area contributed by atoms with Crippen molar-refractivity contribution in [2.45, 2.75) is 19.1 Å². The number of nitrogens with one attached hydrogen (secondary N) is 2. The number of nitrogens with zero attached hydrogens (tertiary/aromatic N) is 2. The highest BCUT2D eigenvalue weighted by molar-refractivity contribution is 4.78. The monoisotopic (exact) mass is 172 g/mol. The lowest BCUT2D eigenvalue weighted by atomic mass is 10.2. The smallest absolute Gasteiger partial charge is 0.131 e.